The van der Waals surface area contributed by atoms with Gasteiger partial charge in [-0.25, -0.2) is 12.7 Å². The van der Waals surface area contributed by atoms with Crippen LogP contribution >= 0.6 is 11.8 Å². The molecule has 1 aromatic heterocycles. The number of sulfonamides is 1. The van der Waals surface area contributed by atoms with Gasteiger partial charge in [0.05, 0.1) is 10.6 Å². The van der Waals surface area contributed by atoms with Crippen molar-refractivity contribution in [2.45, 2.75) is 42.8 Å². The van der Waals surface area contributed by atoms with Gasteiger partial charge < -0.3 is 11.1 Å². The Morgan fingerprint density at radius 1 is 1.32 bits per heavy atom. The number of benzene rings is 1. The van der Waals surface area contributed by atoms with E-state index in [0.29, 0.717) is 22.8 Å². The lowest BCUT2D eigenvalue weighted by Crippen LogP contribution is -2.23. The van der Waals surface area contributed by atoms with Crippen molar-refractivity contribution in [3.05, 3.63) is 23.3 Å². The fourth-order valence-electron chi connectivity index (χ4n) is 2.69. The zero-order chi connectivity index (χ0) is 20.6. The third kappa shape index (κ3) is 4.15. The number of nitrogens with one attached hydrogen (secondary N) is 1. The van der Waals surface area contributed by atoms with E-state index in [0.717, 1.165) is 28.3 Å². The minimum atomic E-state index is -3.59. The van der Waals surface area contributed by atoms with Gasteiger partial charge in [-0.3, -0.25) is 9.36 Å². The monoisotopic (exact) mass is 424 g/mol. The smallest absolute Gasteiger partial charge is 0.242 e. The number of rotatable bonds is 7. The van der Waals surface area contributed by atoms with Crippen molar-refractivity contribution in [1.82, 2.24) is 19.1 Å². The normalized spacial score (nSPS) is 14.5. The van der Waals surface area contributed by atoms with Crippen LogP contribution in [0.15, 0.2) is 22.2 Å². The molecular formula is C17H24N6O3S2. The first-order valence-electron chi connectivity index (χ1n) is 8.78. The van der Waals surface area contributed by atoms with Crippen molar-refractivity contribution in [2.75, 3.05) is 30.9 Å². The Morgan fingerprint density at radius 2 is 2.00 bits per heavy atom. The molecular weight excluding hydrogens is 400 g/mol. The molecule has 0 radical (unpaired) electrons. The number of hydrogen-bond donors (Lipinski definition) is 2. The van der Waals surface area contributed by atoms with Gasteiger partial charge in [0.15, 0.2) is 5.16 Å². The number of thioether (sulfide) groups is 1. The summed E-state index contributed by atoms with van der Waals surface area (Å²) in [6.45, 7) is 3.66. The van der Waals surface area contributed by atoms with Gasteiger partial charge in [0.25, 0.3) is 0 Å². The molecule has 28 heavy (non-hydrogen) atoms. The fourth-order valence-corrected chi connectivity index (χ4v) is 4.52. The molecule has 1 aliphatic rings. The number of nitrogens with two attached hydrogens (primary N) is 1. The zero-order valence-electron chi connectivity index (χ0n) is 16.3. The van der Waals surface area contributed by atoms with Crippen LogP contribution in [0.5, 0.6) is 0 Å². The quantitative estimate of drug-likeness (QED) is 0.650. The first-order chi connectivity index (χ1) is 13.1. The topological polar surface area (TPSA) is 123 Å². The maximum atomic E-state index is 12.5. The van der Waals surface area contributed by atoms with Crippen LogP contribution in [-0.2, 0) is 14.8 Å². The van der Waals surface area contributed by atoms with Crippen LogP contribution in [0.3, 0.4) is 0 Å². The number of nitrogens with zero attached hydrogens (tertiary/aromatic N) is 4. The molecule has 9 nitrogen and oxygen atoms in total. The lowest BCUT2D eigenvalue weighted by molar-refractivity contribution is -0.113. The zero-order valence-corrected chi connectivity index (χ0v) is 17.9. The molecule has 3 N–H and O–H groups in total. The summed E-state index contributed by atoms with van der Waals surface area (Å²) < 4.78 is 27.9. The highest BCUT2D eigenvalue weighted by Crippen LogP contribution is 2.39. The molecule has 1 saturated carbocycles. The van der Waals surface area contributed by atoms with E-state index >= 15 is 0 Å². The average Bonchev–Trinajstić information content (AvgIpc) is 3.39. The van der Waals surface area contributed by atoms with Crippen molar-refractivity contribution >= 4 is 39.3 Å². The Kier molecular flexibility index (Phi) is 5.69. The van der Waals surface area contributed by atoms with Gasteiger partial charge in [-0.1, -0.05) is 11.8 Å². The van der Waals surface area contributed by atoms with Gasteiger partial charge in [0.1, 0.15) is 0 Å². The number of carbonyl (C=O) groups excluding carboxylic acids is 1. The predicted octanol–water partition coefficient (Wildman–Crippen LogP) is 1.79. The van der Waals surface area contributed by atoms with E-state index < -0.39 is 10.0 Å². The summed E-state index contributed by atoms with van der Waals surface area (Å²) in [5, 5.41) is 11.4. The Labute approximate surface area is 168 Å². The summed E-state index contributed by atoms with van der Waals surface area (Å²) in [5.74, 6) is 0.225. The summed E-state index contributed by atoms with van der Waals surface area (Å²) in [6.07, 6.45) is 2.07. The molecule has 1 heterocycles. The average molecular weight is 425 g/mol. The number of hydrogen-bond acceptors (Lipinski definition) is 7. The van der Waals surface area contributed by atoms with Crippen LogP contribution in [0.2, 0.25) is 0 Å². The van der Waals surface area contributed by atoms with Crippen molar-refractivity contribution in [3.8, 4) is 0 Å². The van der Waals surface area contributed by atoms with Gasteiger partial charge in [0, 0.05) is 25.8 Å². The first-order valence-corrected chi connectivity index (χ1v) is 11.2. The van der Waals surface area contributed by atoms with E-state index in [-0.39, 0.29) is 16.6 Å². The number of aryl methyl sites for hydroxylation is 1. The molecule has 1 aromatic carbocycles. The lowest BCUT2D eigenvalue weighted by atomic mass is 10.1. The van der Waals surface area contributed by atoms with Crippen LogP contribution in [-0.4, -0.2) is 53.2 Å². The summed E-state index contributed by atoms with van der Waals surface area (Å²) in [6, 6.07) is 3.42. The SMILES string of the molecule is Cc1cc(S(=O)(=O)N(C)C)cc(NC(=O)CSc2nnc(N)n2C2CC2)c1C. The Morgan fingerprint density at radius 3 is 2.61 bits per heavy atom. The minimum Gasteiger partial charge on any atom is -0.368 e. The number of amides is 1. The van der Waals surface area contributed by atoms with E-state index in [1.165, 1.54) is 31.9 Å². The van der Waals surface area contributed by atoms with Crippen molar-refractivity contribution < 1.29 is 13.2 Å². The summed E-state index contributed by atoms with van der Waals surface area (Å²) in [5.41, 5.74) is 7.93. The molecule has 1 amide bonds. The molecule has 0 spiro atoms. The molecule has 0 unspecified atom stereocenters. The van der Waals surface area contributed by atoms with Gasteiger partial charge in [-0.15, -0.1) is 10.2 Å². The molecule has 3 rings (SSSR count). The highest BCUT2D eigenvalue weighted by Gasteiger charge is 2.29. The Hall–Kier alpha value is -2.11. The number of aromatic nitrogens is 3. The molecule has 1 fully saturated rings. The molecule has 0 atom stereocenters. The Bertz CT molecular complexity index is 1010. The first kappa shape index (κ1) is 20.6. The van der Waals surface area contributed by atoms with Crippen molar-refractivity contribution in [1.29, 1.82) is 0 Å². The van der Waals surface area contributed by atoms with E-state index in [9.17, 15) is 13.2 Å². The lowest BCUT2D eigenvalue weighted by Gasteiger charge is -2.16. The summed E-state index contributed by atoms with van der Waals surface area (Å²) >= 11 is 1.26. The summed E-state index contributed by atoms with van der Waals surface area (Å²) in [7, 11) is -0.647. The van der Waals surface area contributed by atoms with Crippen molar-refractivity contribution in [3.63, 3.8) is 0 Å². The van der Waals surface area contributed by atoms with Gasteiger partial charge in [-0.05, 0) is 49.9 Å². The largest absolute Gasteiger partial charge is 0.368 e. The molecule has 11 heteroatoms. The molecule has 152 valence electrons. The molecule has 0 aliphatic heterocycles. The highest BCUT2D eigenvalue weighted by atomic mass is 32.2. The minimum absolute atomic E-state index is 0.119. The van der Waals surface area contributed by atoms with E-state index in [2.05, 4.69) is 15.5 Å². The highest BCUT2D eigenvalue weighted by molar-refractivity contribution is 7.99. The second kappa shape index (κ2) is 7.72. The standard InChI is InChI=1S/C17H24N6O3S2/c1-10-7-13(28(25,26)22(3)4)8-14(11(10)2)19-15(24)9-27-17-21-20-16(18)23(17)12-5-6-12/h7-8,12H,5-6,9H2,1-4H3,(H2,18,20)(H,19,24). The molecule has 1 aliphatic carbocycles. The third-order valence-corrected chi connectivity index (χ3v) is 7.36. The number of anilines is 2. The van der Waals surface area contributed by atoms with Gasteiger partial charge >= 0.3 is 0 Å². The second-order valence-electron chi connectivity index (χ2n) is 6.98. The number of carbonyl (C=O) groups is 1. The third-order valence-electron chi connectivity index (χ3n) is 4.63. The molecule has 2 aromatic rings. The molecule has 0 saturated heterocycles. The van der Waals surface area contributed by atoms with E-state index in [4.69, 9.17) is 5.73 Å². The van der Waals surface area contributed by atoms with Crippen LogP contribution in [0.25, 0.3) is 0 Å². The van der Waals surface area contributed by atoms with Gasteiger partial charge in [0.2, 0.25) is 21.9 Å². The molecule has 0 bridgehead atoms. The maximum Gasteiger partial charge on any atom is 0.242 e. The van der Waals surface area contributed by atoms with E-state index in [1.807, 2.05) is 18.4 Å². The Balaban J connectivity index is 1.74. The van der Waals surface area contributed by atoms with Gasteiger partial charge in [-0.2, -0.15) is 0 Å². The number of nitrogen functional groups attached to an aromatic ring is 1. The second-order valence-corrected chi connectivity index (χ2v) is 10.1. The fraction of sp³-hybridized carbons (Fsp3) is 0.471. The van der Waals surface area contributed by atoms with Crippen molar-refractivity contribution in [2.24, 2.45) is 0 Å². The maximum absolute atomic E-state index is 12.5. The van der Waals surface area contributed by atoms with Crippen LogP contribution in [0.1, 0.15) is 30.0 Å². The van der Waals surface area contributed by atoms with Crippen LogP contribution in [0, 0.1) is 13.8 Å². The van der Waals surface area contributed by atoms with Crippen LogP contribution in [0.4, 0.5) is 11.6 Å². The van der Waals surface area contributed by atoms with E-state index in [1.54, 1.807) is 6.07 Å². The van der Waals surface area contributed by atoms with Crippen LogP contribution < -0.4 is 11.1 Å². The summed E-state index contributed by atoms with van der Waals surface area (Å²) in [4.78, 5) is 12.6. The predicted molar refractivity (Wildman–Crippen MR) is 109 cm³/mol.